The first-order valence-electron chi connectivity index (χ1n) is 5.95. The van der Waals surface area contributed by atoms with Crippen LogP contribution in [0.5, 0.6) is 0 Å². The number of hydrogen-bond donors (Lipinski definition) is 1. The van der Waals surface area contributed by atoms with Crippen molar-refractivity contribution < 1.29 is 0 Å². The van der Waals surface area contributed by atoms with Crippen molar-refractivity contribution in [3.05, 3.63) is 48.0 Å². The van der Waals surface area contributed by atoms with E-state index in [1.54, 1.807) is 0 Å². The van der Waals surface area contributed by atoms with Crippen LogP contribution in [-0.4, -0.2) is 9.78 Å². The molecule has 2 N–H and O–H groups in total. The first-order chi connectivity index (χ1) is 8.66. The fourth-order valence-corrected chi connectivity index (χ4v) is 2.37. The van der Waals surface area contributed by atoms with Crippen LogP contribution in [0.25, 0.3) is 22.2 Å². The minimum Gasteiger partial charge on any atom is -0.397 e. The topological polar surface area (TPSA) is 43.8 Å². The Kier molecular flexibility index (Phi) is 2.33. The Morgan fingerprint density at radius 2 is 1.89 bits per heavy atom. The molecule has 3 aromatic rings. The van der Waals surface area contributed by atoms with Crippen LogP contribution in [-0.2, 0) is 7.05 Å². The monoisotopic (exact) mass is 237 g/mol. The standard InChI is InChI=1S/C15H15N3/c1-10-5-3-6-11(9-10)14-12-7-4-8-13(16)15(12)18(2)17-14/h3-9H,16H2,1-2H3. The van der Waals surface area contributed by atoms with Gasteiger partial charge in [-0.25, -0.2) is 0 Å². The number of fused-ring (bicyclic) bond motifs is 1. The Labute approximate surface area is 106 Å². The summed E-state index contributed by atoms with van der Waals surface area (Å²) in [5.74, 6) is 0. The number of aromatic nitrogens is 2. The van der Waals surface area contributed by atoms with Gasteiger partial charge in [0.25, 0.3) is 0 Å². The fourth-order valence-electron chi connectivity index (χ4n) is 2.37. The Balaban J connectivity index is 2.34. The van der Waals surface area contributed by atoms with E-state index < -0.39 is 0 Å². The Bertz CT molecular complexity index is 726. The van der Waals surface area contributed by atoms with Crippen molar-refractivity contribution in [3.8, 4) is 11.3 Å². The third-order valence-electron chi connectivity index (χ3n) is 3.19. The molecule has 0 amide bonds. The summed E-state index contributed by atoms with van der Waals surface area (Å²) in [6.45, 7) is 2.09. The van der Waals surface area contributed by atoms with E-state index in [9.17, 15) is 0 Å². The van der Waals surface area contributed by atoms with Gasteiger partial charge < -0.3 is 5.73 Å². The lowest BCUT2D eigenvalue weighted by Gasteiger charge is -2.00. The molecule has 1 heterocycles. The largest absolute Gasteiger partial charge is 0.397 e. The first-order valence-corrected chi connectivity index (χ1v) is 5.95. The normalized spacial score (nSPS) is 11.0. The van der Waals surface area contributed by atoms with E-state index >= 15 is 0 Å². The maximum absolute atomic E-state index is 6.02. The molecule has 0 saturated heterocycles. The van der Waals surface area contributed by atoms with Gasteiger partial charge in [0.05, 0.1) is 11.2 Å². The third kappa shape index (κ3) is 1.56. The molecular formula is C15H15N3. The highest BCUT2D eigenvalue weighted by atomic mass is 15.3. The van der Waals surface area contributed by atoms with Crippen molar-refractivity contribution >= 4 is 16.6 Å². The molecule has 90 valence electrons. The maximum atomic E-state index is 6.02. The van der Waals surface area contributed by atoms with Crippen molar-refractivity contribution in [1.82, 2.24) is 9.78 Å². The van der Waals surface area contributed by atoms with E-state index in [1.165, 1.54) is 5.56 Å². The molecule has 2 aromatic carbocycles. The molecule has 0 saturated carbocycles. The summed E-state index contributed by atoms with van der Waals surface area (Å²) in [7, 11) is 1.93. The smallest absolute Gasteiger partial charge is 0.100 e. The second kappa shape index (κ2) is 3.88. The molecule has 3 nitrogen and oxygen atoms in total. The van der Waals surface area contributed by atoms with Crippen molar-refractivity contribution in [1.29, 1.82) is 0 Å². The highest BCUT2D eigenvalue weighted by Crippen LogP contribution is 2.30. The minimum absolute atomic E-state index is 0.765. The third-order valence-corrected chi connectivity index (χ3v) is 3.19. The zero-order valence-electron chi connectivity index (χ0n) is 10.5. The summed E-state index contributed by atoms with van der Waals surface area (Å²) >= 11 is 0. The van der Waals surface area contributed by atoms with Crippen LogP contribution in [0.4, 0.5) is 5.69 Å². The van der Waals surface area contributed by atoms with Gasteiger partial charge >= 0.3 is 0 Å². The highest BCUT2D eigenvalue weighted by Gasteiger charge is 2.12. The van der Waals surface area contributed by atoms with Gasteiger partial charge in [0.15, 0.2) is 0 Å². The van der Waals surface area contributed by atoms with Gasteiger partial charge in [-0.05, 0) is 19.1 Å². The average molecular weight is 237 g/mol. The summed E-state index contributed by atoms with van der Waals surface area (Å²) in [5, 5.41) is 5.70. The SMILES string of the molecule is Cc1cccc(-c2nn(C)c3c(N)cccc23)c1. The Morgan fingerprint density at radius 1 is 1.11 bits per heavy atom. The molecule has 18 heavy (non-hydrogen) atoms. The van der Waals surface area contributed by atoms with Gasteiger partial charge in [-0.3, -0.25) is 4.68 Å². The molecule has 1 aromatic heterocycles. The number of aryl methyl sites for hydroxylation is 2. The summed E-state index contributed by atoms with van der Waals surface area (Å²) in [6, 6.07) is 14.3. The van der Waals surface area contributed by atoms with Gasteiger partial charge in [0.2, 0.25) is 0 Å². The number of nitrogen functional groups attached to an aromatic ring is 1. The molecule has 0 radical (unpaired) electrons. The molecule has 3 rings (SSSR count). The molecule has 0 spiro atoms. The predicted molar refractivity (Wildman–Crippen MR) is 75.3 cm³/mol. The van der Waals surface area contributed by atoms with Crippen molar-refractivity contribution in [2.45, 2.75) is 6.92 Å². The fraction of sp³-hybridized carbons (Fsp3) is 0.133. The summed E-state index contributed by atoms with van der Waals surface area (Å²) < 4.78 is 1.85. The van der Waals surface area contributed by atoms with Crippen LogP contribution in [0.3, 0.4) is 0 Å². The van der Waals surface area contributed by atoms with Gasteiger partial charge in [-0.15, -0.1) is 0 Å². The second-order valence-corrected chi connectivity index (χ2v) is 4.59. The van der Waals surface area contributed by atoms with Gasteiger partial charge in [-0.2, -0.15) is 5.10 Å². The van der Waals surface area contributed by atoms with E-state index in [1.807, 2.05) is 23.9 Å². The number of nitrogens with zero attached hydrogens (tertiary/aromatic N) is 2. The zero-order chi connectivity index (χ0) is 12.7. The second-order valence-electron chi connectivity index (χ2n) is 4.59. The van der Waals surface area contributed by atoms with Crippen molar-refractivity contribution in [2.24, 2.45) is 7.05 Å². The zero-order valence-corrected chi connectivity index (χ0v) is 10.5. The van der Waals surface area contributed by atoms with Crippen LogP contribution in [0.2, 0.25) is 0 Å². The summed E-state index contributed by atoms with van der Waals surface area (Å²) in [5.41, 5.74) is 11.1. The van der Waals surface area contributed by atoms with Gasteiger partial charge in [0.1, 0.15) is 5.69 Å². The van der Waals surface area contributed by atoms with E-state index in [0.29, 0.717) is 0 Å². The van der Waals surface area contributed by atoms with E-state index in [0.717, 1.165) is 27.8 Å². The lowest BCUT2D eigenvalue weighted by atomic mass is 10.1. The van der Waals surface area contributed by atoms with Crippen molar-refractivity contribution in [2.75, 3.05) is 5.73 Å². The Hall–Kier alpha value is -2.29. The molecular weight excluding hydrogens is 222 g/mol. The molecule has 0 fully saturated rings. The summed E-state index contributed by atoms with van der Waals surface area (Å²) in [6.07, 6.45) is 0. The number of benzene rings is 2. The van der Waals surface area contributed by atoms with Crippen LogP contribution >= 0.6 is 0 Å². The minimum atomic E-state index is 0.765. The maximum Gasteiger partial charge on any atom is 0.100 e. The summed E-state index contributed by atoms with van der Waals surface area (Å²) in [4.78, 5) is 0. The predicted octanol–water partition coefficient (Wildman–Crippen LogP) is 3.13. The number of rotatable bonds is 1. The lowest BCUT2D eigenvalue weighted by Crippen LogP contribution is -1.94. The van der Waals surface area contributed by atoms with Crippen LogP contribution in [0.15, 0.2) is 42.5 Å². The quantitative estimate of drug-likeness (QED) is 0.661. The average Bonchev–Trinajstić information content (AvgIpc) is 2.68. The molecule has 0 aliphatic rings. The molecule has 0 aliphatic heterocycles. The van der Waals surface area contributed by atoms with E-state index in [-0.39, 0.29) is 0 Å². The molecule has 0 bridgehead atoms. The number of nitrogens with two attached hydrogens (primary N) is 1. The van der Waals surface area contributed by atoms with E-state index in [2.05, 4.69) is 42.4 Å². The number of hydrogen-bond acceptors (Lipinski definition) is 2. The lowest BCUT2D eigenvalue weighted by molar-refractivity contribution is 0.801. The van der Waals surface area contributed by atoms with Crippen LogP contribution in [0.1, 0.15) is 5.56 Å². The molecule has 0 atom stereocenters. The van der Waals surface area contributed by atoms with E-state index in [4.69, 9.17) is 5.73 Å². The Morgan fingerprint density at radius 3 is 2.67 bits per heavy atom. The number of anilines is 1. The highest BCUT2D eigenvalue weighted by molar-refractivity contribution is 5.99. The molecule has 0 aliphatic carbocycles. The van der Waals surface area contributed by atoms with Crippen LogP contribution < -0.4 is 5.73 Å². The van der Waals surface area contributed by atoms with Crippen LogP contribution in [0, 0.1) is 6.92 Å². The van der Waals surface area contributed by atoms with Crippen molar-refractivity contribution in [3.63, 3.8) is 0 Å². The van der Waals surface area contributed by atoms with Gasteiger partial charge in [-0.1, -0.05) is 35.9 Å². The number of para-hydroxylation sites is 1. The molecule has 0 unspecified atom stereocenters. The first kappa shape index (κ1) is 10.8. The van der Waals surface area contributed by atoms with Gasteiger partial charge in [0, 0.05) is 18.0 Å². The molecule has 3 heteroatoms.